The van der Waals surface area contributed by atoms with Crippen molar-refractivity contribution in [2.75, 3.05) is 5.32 Å². The molecule has 0 aliphatic carbocycles. The van der Waals surface area contributed by atoms with Crippen LogP contribution in [0.5, 0.6) is 0 Å². The number of nitrogens with zero attached hydrogens (tertiary/aromatic N) is 1. The molecule has 4 aromatic carbocycles. The summed E-state index contributed by atoms with van der Waals surface area (Å²) in [6.45, 7) is 2.12. The third kappa shape index (κ3) is 3.65. The average molecular weight is 539 g/mol. The fourth-order valence-corrected chi connectivity index (χ4v) is 7.24. The lowest BCUT2D eigenvalue weighted by atomic mass is 9.62. The Kier molecular flexibility index (Phi) is 5.97. The van der Waals surface area contributed by atoms with Crippen LogP contribution in [0.25, 0.3) is 6.08 Å². The lowest BCUT2D eigenvalue weighted by Gasteiger charge is -2.38. The molecule has 0 saturated carbocycles. The van der Waals surface area contributed by atoms with Gasteiger partial charge < -0.3 is 10.2 Å². The molecular weight excluding hydrogens is 508 g/mol. The number of amides is 1. The summed E-state index contributed by atoms with van der Waals surface area (Å²) in [6.07, 6.45) is 5.82. The number of carbonyl (C=O) groups is 3. The summed E-state index contributed by atoms with van der Waals surface area (Å²) >= 11 is 0. The summed E-state index contributed by atoms with van der Waals surface area (Å²) < 4.78 is 0. The van der Waals surface area contributed by atoms with Gasteiger partial charge in [0.05, 0.1) is 12.0 Å². The quantitative estimate of drug-likeness (QED) is 0.280. The second kappa shape index (κ2) is 9.70. The third-order valence-corrected chi connectivity index (χ3v) is 8.96. The standard InChI is InChI=1S/C36H30N2O3/c1-2-10-23-17-19-26(20-18-23)32(39)30-31(33(40)25-12-4-3-5-13-25)38-22-21-24-11-6-7-14-27(24)34(38)36(30)28-15-8-9-16-29(28)37-35(36)41/h3-9,11-22,30-31,34H,2,10H2,1H3,(H,37,41)/t30-,31-,34+,36+/m0/s1. The second-order valence-electron chi connectivity index (χ2n) is 11.1. The van der Waals surface area contributed by atoms with Gasteiger partial charge in [0, 0.05) is 23.0 Å². The molecule has 7 rings (SSSR count). The molecule has 5 nitrogen and oxygen atoms in total. The van der Waals surface area contributed by atoms with Crippen molar-refractivity contribution < 1.29 is 14.4 Å². The van der Waals surface area contributed by atoms with E-state index in [-0.39, 0.29) is 17.5 Å². The van der Waals surface area contributed by atoms with Crippen LogP contribution < -0.4 is 5.32 Å². The van der Waals surface area contributed by atoms with Crippen LogP contribution >= 0.6 is 0 Å². The summed E-state index contributed by atoms with van der Waals surface area (Å²) in [5.41, 5.74) is 4.22. The summed E-state index contributed by atoms with van der Waals surface area (Å²) in [6, 6.07) is 30.9. The highest BCUT2D eigenvalue weighted by molar-refractivity contribution is 6.16. The van der Waals surface area contributed by atoms with Gasteiger partial charge in [-0.15, -0.1) is 0 Å². The number of Topliss-reactive ketones (excluding diaryl/α,β-unsaturated/α-hetero) is 2. The van der Waals surface area contributed by atoms with E-state index in [1.54, 1.807) is 12.1 Å². The van der Waals surface area contributed by atoms with E-state index in [4.69, 9.17) is 0 Å². The molecule has 0 bridgehead atoms. The molecule has 1 amide bonds. The molecule has 1 saturated heterocycles. The van der Waals surface area contributed by atoms with Crippen molar-refractivity contribution in [3.05, 3.63) is 143 Å². The number of benzene rings is 4. The van der Waals surface area contributed by atoms with Crippen molar-refractivity contribution >= 4 is 29.2 Å². The van der Waals surface area contributed by atoms with Crippen molar-refractivity contribution in [3.63, 3.8) is 0 Å². The molecule has 1 N–H and O–H groups in total. The van der Waals surface area contributed by atoms with Gasteiger partial charge in [-0.25, -0.2) is 0 Å². The lowest BCUT2D eigenvalue weighted by Crippen LogP contribution is -2.49. The van der Waals surface area contributed by atoms with E-state index in [9.17, 15) is 14.4 Å². The van der Waals surface area contributed by atoms with E-state index in [2.05, 4.69) is 12.2 Å². The summed E-state index contributed by atoms with van der Waals surface area (Å²) in [5.74, 6) is -1.58. The summed E-state index contributed by atoms with van der Waals surface area (Å²) in [7, 11) is 0. The number of rotatable bonds is 6. The number of fused-ring (bicyclic) bond motifs is 6. The first-order chi connectivity index (χ1) is 20.1. The molecule has 202 valence electrons. The molecular formula is C36H30N2O3. The van der Waals surface area contributed by atoms with Crippen LogP contribution in [-0.2, 0) is 16.6 Å². The molecule has 0 unspecified atom stereocenters. The molecule has 0 radical (unpaired) electrons. The number of nitrogens with one attached hydrogen (secondary N) is 1. The van der Waals surface area contributed by atoms with Gasteiger partial charge in [-0.2, -0.15) is 0 Å². The highest BCUT2D eigenvalue weighted by atomic mass is 16.2. The zero-order chi connectivity index (χ0) is 28.1. The fraction of sp³-hybridized carbons (Fsp3) is 0.194. The minimum Gasteiger partial charge on any atom is -0.358 e. The predicted molar refractivity (Wildman–Crippen MR) is 160 cm³/mol. The number of para-hydroxylation sites is 1. The van der Waals surface area contributed by atoms with Gasteiger partial charge in [0.2, 0.25) is 5.91 Å². The van der Waals surface area contributed by atoms with Crippen LogP contribution in [0.15, 0.2) is 109 Å². The van der Waals surface area contributed by atoms with E-state index < -0.39 is 23.4 Å². The SMILES string of the molecule is CCCc1ccc(C(=O)[C@@H]2[C@@H](C(=O)c3ccccc3)N3C=Cc4ccccc4[C@@H]3[C@]23C(=O)Nc2ccccc23)cc1. The van der Waals surface area contributed by atoms with Crippen molar-refractivity contribution in [2.45, 2.75) is 37.3 Å². The van der Waals surface area contributed by atoms with Crippen LogP contribution in [0.3, 0.4) is 0 Å². The van der Waals surface area contributed by atoms with Crippen molar-refractivity contribution in [2.24, 2.45) is 5.92 Å². The Hall–Kier alpha value is -4.77. The molecule has 41 heavy (non-hydrogen) atoms. The summed E-state index contributed by atoms with van der Waals surface area (Å²) in [4.78, 5) is 45.8. The molecule has 5 heteroatoms. The Labute approximate surface area is 239 Å². The van der Waals surface area contributed by atoms with Gasteiger partial charge >= 0.3 is 0 Å². The third-order valence-electron chi connectivity index (χ3n) is 8.96. The number of anilines is 1. The van der Waals surface area contributed by atoms with Gasteiger partial charge in [-0.1, -0.05) is 110 Å². The lowest BCUT2D eigenvalue weighted by molar-refractivity contribution is -0.122. The Morgan fingerprint density at radius 3 is 2.27 bits per heavy atom. The number of hydrogen-bond acceptors (Lipinski definition) is 4. The van der Waals surface area contributed by atoms with E-state index in [0.29, 0.717) is 16.8 Å². The maximum Gasteiger partial charge on any atom is 0.238 e. The largest absolute Gasteiger partial charge is 0.358 e. The normalized spacial score (nSPS) is 23.6. The number of carbonyl (C=O) groups excluding carboxylic acids is 3. The van der Waals surface area contributed by atoms with Crippen LogP contribution in [0, 0.1) is 5.92 Å². The minimum atomic E-state index is -1.31. The average Bonchev–Trinajstić information content (AvgIpc) is 3.49. The number of aryl methyl sites for hydroxylation is 1. The van der Waals surface area contributed by atoms with E-state index in [1.807, 2.05) is 108 Å². The van der Waals surface area contributed by atoms with Crippen LogP contribution in [0.2, 0.25) is 0 Å². The highest BCUT2D eigenvalue weighted by Gasteiger charge is 2.70. The highest BCUT2D eigenvalue weighted by Crippen LogP contribution is 2.62. The Balaban J connectivity index is 1.50. The fourth-order valence-electron chi connectivity index (χ4n) is 7.24. The van der Waals surface area contributed by atoms with E-state index in [1.165, 1.54) is 0 Å². The number of hydrogen-bond donors (Lipinski definition) is 1. The smallest absolute Gasteiger partial charge is 0.238 e. The van der Waals surface area contributed by atoms with Crippen molar-refractivity contribution in [1.29, 1.82) is 0 Å². The van der Waals surface area contributed by atoms with Crippen molar-refractivity contribution in [1.82, 2.24) is 4.90 Å². The minimum absolute atomic E-state index is 0.172. The van der Waals surface area contributed by atoms with Gasteiger partial charge in [0.1, 0.15) is 11.5 Å². The maximum absolute atomic E-state index is 14.9. The van der Waals surface area contributed by atoms with Gasteiger partial charge in [-0.05, 0) is 40.8 Å². The Bertz CT molecular complexity index is 1710. The molecule has 4 aromatic rings. The first-order valence-corrected chi connectivity index (χ1v) is 14.2. The van der Waals surface area contributed by atoms with Crippen LogP contribution in [-0.4, -0.2) is 28.4 Å². The van der Waals surface area contributed by atoms with E-state index in [0.717, 1.165) is 35.1 Å². The topological polar surface area (TPSA) is 66.5 Å². The zero-order valence-electron chi connectivity index (χ0n) is 22.8. The van der Waals surface area contributed by atoms with Gasteiger partial charge in [0.25, 0.3) is 0 Å². The maximum atomic E-state index is 14.9. The van der Waals surface area contributed by atoms with Crippen molar-refractivity contribution in [3.8, 4) is 0 Å². The summed E-state index contributed by atoms with van der Waals surface area (Å²) in [5, 5.41) is 3.10. The van der Waals surface area contributed by atoms with Crippen LogP contribution in [0.1, 0.15) is 62.4 Å². The van der Waals surface area contributed by atoms with Crippen LogP contribution in [0.4, 0.5) is 5.69 Å². The first-order valence-electron chi connectivity index (χ1n) is 14.2. The molecule has 3 aliphatic rings. The number of ketones is 2. The van der Waals surface area contributed by atoms with Gasteiger partial charge in [-0.3, -0.25) is 14.4 Å². The predicted octanol–water partition coefficient (Wildman–Crippen LogP) is 6.62. The molecule has 1 fully saturated rings. The first kappa shape index (κ1) is 25.2. The second-order valence-corrected chi connectivity index (χ2v) is 11.1. The van der Waals surface area contributed by atoms with Gasteiger partial charge in [0.15, 0.2) is 11.6 Å². The molecule has 1 spiro atoms. The zero-order valence-corrected chi connectivity index (χ0v) is 22.8. The monoisotopic (exact) mass is 538 g/mol. The Morgan fingerprint density at radius 1 is 0.805 bits per heavy atom. The molecule has 4 atom stereocenters. The molecule has 3 aliphatic heterocycles. The van der Waals surface area contributed by atoms with E-state index >= 15 is 0 Å². The Morgan fingerprint density at radius 2 is 1.49 bits per heavy atom. The molecule has 3 heterocycles. The molecule has 0 aromatic heterocycles.